The number of hydrogen-bond acceptors (Lipinski definition) is 3. The minimum atomic E-state index is -0.185. The van der Waals surface area contributed by atoms with Crippen LogP contribution in [0.5, 0.6) is 0 Å². The molecule has 0 aliphatic rings. The Morgan fingerprint density at radius 2 is 1.58 bits per heavy atom. The first kappa shape index (κ1) is 17.7. The summed E-state index contributed by atoms with van der Waals surface area (Å²) in [6.07, 6.45) is 4.90. The molecule has 126 valence electrons. The Labute approximate surface area is 142 Å². The number of hydrogen-bond donors (Lipinski definition) is 2. The molecule has 0 saturated heterocycles. The van der Waals surface area contributed by atoms with Crippen LogP contribution in [-0.2, 0) is 6.54 Å². The van der Waals surface area contributed by atoms with E-state index >= 15 is 0 Å². The molecule has 2 amide bonds. The molecule has 2 N–H and O–H groups in total. The van der Waals surface area contributed by atoms with Crippen molar-refractivity contribution in [3.05, 3.63) is 65.5 Å². The van der Waals surface area contributed by atoms with E-state index in [1.54, 1.807) is 30.5 Å². The van der Waals surface area contributed by atoms with Gasteiger partial charge in [0.15, 0.2) is 0 Å². The highest BCUT2D eigenvalue weighted by molar-refractivity contribution is 5.97. The van der Waals surface area contributed by atoms with Gasteiger partial charge in [-0.05, 0) is 42.8 Å². The second-order valence-electron chi connectivity index (χ2n) is 5.54. The largest absolute Gasteiger partial charge is 0.352 e. The van der Waals surface area contributed by atoms with E-state index < -0.39 is 0 Å². The van der Waals surface area contributed by atoms with Crippen LogP contribution in [0.1, 0.15) is 52.6 Å². The zero-order valence-corrected chi connectivity index (χ0v) is 13.9. The lowest BCUT2D eigenvalue weighted by atomic mass is 10.1. The maximum absolute atomic E-state index is 12.1. The lowest BCUT2D eigenvalue weighted by molar-refractivity contribution is 0.0940. The molecule has 0 bridgehead atoms. The van der Waals surface area contributed by atoms with E-state index in [1.165, 1.54) is 0 Å². The summed E-state index contributed by atoms with van der Waals surface area (Å²) in [6, 6.07) is 12.2. The third-order valence-corrected chi connectivity index (χ3v) is 3.63. The van der Waals surface area contributed by atoms with Gasteiger partial charge in [-0.3, -0.25) is 14.6 Å². The smallest absolute Gasteiger partial charge is 0.251 e. The summed E-state index contributed by atoms with van der Waals surface area (Å²) >= 11 is 0. The van der Waals surface area contributed by atoms with Crippen LogP contribution >= 0.6 is 0 Å². The zero-order valence-electron chi connectivity index (χ0n) is 13.9. The van der Waals surface area contributed by atoms with Crippen molar-refractivity contribution >= 4 is 11.8 Å². The van der Waals surface area contributed by atoms with E-state index in [9.17, 15) is 9.59 Å². The first-order valence-corrected chi connectivity index (χ1v) is 8.27. The molecule has 5 heteroatoms. The van der Waals surface area contributed by atoms with Gasteiger partial charge in [-0.1, -0.05) is 25.8 Å². The Hall–Kier alpha value is -2.69. The van der Waals surface area contributed by atoms with Crippen LogP contribution in [0.4, 0.5) is 0 Å². The molecule has 0 spiro atoms. The van der Waals surface area contributed by atoms with Gasteiger partial charge >= 0.3 is 0 Å². The quantitative estimate of drug-likeness (QED) is 0.733. The number of pyridine rings is 1. The van der Waals surface area contributed by atoms with E-state index in [0.29, 0.717) is 24.2 Å². The number of unbranched alkanes of at least 4 members (excludes halogenated alkanes) is 2. The molecule has 0 atom stereocenters. The van der Waals surface area contributed by atoms with Crippen molar-refractivity contribution in [2.24, 2.45) is 0 Å². The van der Waals surface area contributed by atoms with E-state index in [4.69, 9.17) is 0 Å². The summed E-state index contributed by atoms with van der Waals surface area (Å²) in [5, 5.41) is 5.69. The second-order valence-corrected chi connectivity index (χ2v) is 5.54. The predicted molar refractivity (Wildman–Crippen MR) is 93.7 cm³/mol. The Kier molecular flexibility index (Phi) is 6.95. The lowest BCUT2D eigenvalue weighted by Gasteiger charge is -2.07. The summed E-state index contributed by atoms with van der Waals surface area (Å²) in [5.41, 5.74) is 1.88. The highest BCUT2D eigenvalue weighted by atomic mass is 16.2. The summed E-state index contributed by atoms with van der Waals surface area (Å²) in [5.74, 6) is -0.290. The third kappa shape index (κ3) is 5.50. The van der Waals surface area contributed by atoms with Crippen LogP contribution in [0.3, 0.4) is 0 Å². The number of nitrogens with zero attached hydrogens (tertiary/aromatic N) is 1. The lowest BCUT2D eigenvalue weighted by Crippen LogP contribution is -2.25. The predicted octanol–water partition coefficient (Wildman–Crippen LogP) is 2.93. The molecule has 0 unspecified atom stereocenters. The molecule has 24 heavy (non-hydrogen) atoms. The maximum Gasteiger partial charge on any atom is 0.251 e. The number of carbonyl (C=O) groups excluding carboxylic acids is 2. The van der Waals surface area contributed by atoms with Gasteiger partial charge in [0, 0.05) is 23.9 Å². The fraction of sp³-hybridized carbons (Fsp3) is 0.316. The van der Waals surface area contributed by atoms with Crippen LogP contribution in [0.15, 0.2) is 48.7 Å². The molecule has 0 fully saturated rings. The van der Waals surface area contributed by atoms with Crippen molar-refractivity contribution in [1.82, 2.24) is 15.6 Å². The molecule has 2 aromatic rings. The van der Waals surface area contributed by atoms with Crippen LogP contribution in [-0.4, -0.2) is 23.3 Å². The zero-order chi connectivity index (χ0) is 17.2. The number of carbonyl (C=O) groups is 2. The topological polar surface area (TPSA) is 71.1 Å². The molecule has 0 saturated carbocycles. The molecule has 0 aliphatic heterocycles. The Morgan fingerprint density at radius 1 is 0.917 bits per heavy atom. The number of amides is 2. The van der Waals surface area contributed by atoms with Crippen molar-refractivity contribution < 1.29 is 9.59 Å². The van der Waals surface area contributed by atoms with E-state index in [0.717, 1.165) is 25.0 Å². The van der Waals surface area contributed by atoms with Gasteiger partial charge in [-0.15, -0.1) is 0 Å². The average molecular weight is 325 g/mol. The first-order chi connectivity index (χ1) is 11.7. The average Bonchev–Trinajstić information content (AvgIpc) is 2.64. The van der Waals surface area contributed by atoms with Crippen molar-refractivity contribution in [1.29, 1.82) is 0 Å². The first-order valence-electron chi connectivity index (χ1n) is 8.27. The number of benzene rings is 1. The van der Waals surface area contributed by atoms with Gasteiger partial charge in [0.1, 0.15) is 0 Å². The van der Waals surface area contributed by atoms with Crippen LogP contribution in [0.2, 0.25) is 0 Å². The van der Waals surface area contributed by atoms with E-state index in [1.807, 2.05) is 18.2 Å². The molecule has 0 aliphatic carbocycles. The molecule has 1 aromatic heterocycles. The standard InChI is InChI=1S/C19H23N3O2/c1-2-3-5-13-21-18(23)15-8-10-16(11-9-15)19(24)22-14-17-7-4-6-12-20-17/h4,6-12H,2-3,5,13-14H2,1H3,(H,21,23)(H,22,24). The van der Waals surface area contributed by atoms with Gasteiger partial charge in [0.25, 0.3) is 11.8 Å². The molecule has 0 radical (unpaired) electrons. The highest BCUT2D eigenvalue weighted by Crippen LogP contribution is 2.05. The maximum atomic E-state index is 12.1. The monoisotopic (exact) mass is 325 g/mol. The summed E-state index contributed by atoms with van der Waals surface area (Å²) in [4.78, 5) is 28.2. The van der Waals surface area contributed by atoms with Crippen LogP contribution in [0.25, 0.3) is 0 Å². The van der Waals surface area contributed by atoms with E-state index in [-0.39, 0.29) is 11.8 Å². The van der Waals surface area contributed by atoms with Crippen molar-refractivity contribution in [3.8, 4) is 0 Å². The van der Waals surface area contributed by atoms with Crippen LogP contribution < -0.4 is 10.6 Å². The van der Waals surface area contributed by atoms with Crippen molar-refractivity contribution in [2.75, 3.05) is 6.54 Å². The SMILES string of the molecule is CCCCCNC(=O)c1ccc(C(=O)NCc2ccccn2)cc1. The number of nitrogens with one attached hydrogen (secondary N) is 2. The Balaban J connectivity index is 1.84. The van der Waals surface area contributed by atoms with Crippen molar-refractivity contribution in [3.63, 3.8) is 0 Å². The molecular formula is C19H23N3O2. The normalized spacial score (nSPS) is 10.2. The fourth-order valence-corrected chi connectivity index (χ4v) is 2.23. The summed E-state index contributed by atoms with van der Waals surface area (Å²) < 4.78 is 0. The minimum absolute atomic E-state index is 0.105. The minimum Gasteiger partial charge on any atom is -0.352 e. The van der Waals surface area contributed by atoms with Gasteiger partial charge in [-0.2, -0.15) is 0 Å². The van der Waals surface area contributed by atoms with Gasteiger partial charge in [0.2, 0.25) is 0 Å². The summed E-state index contributed by atoms with van der Waals surface area (Å²) in [6.45, 7) is 3.18. The Morgan fingerprint density at radius 3 is 2.17 bits per heavy atom. The number of rotatable bonds is 8. The second kappa shape index (κ2) is 9.45. The summed E-state index contributed by atoms with van der Waals surface area (Å²) in [7, 11) is 0. The fourth-order valence-electron chi connectivity index (χ4n) is 2.23. The molecular weight excluding hydrogens is 302 g/mol. The van der Waals surface area contributed by atoms with Crippen LogP contribution in [0, 0.1) is 0 Å². The molecule has 1 aromatic carbocycles. The van der Waals surface area contributed by atoms with Crippen molar-refractivity contribution in [2.45, 2.75) is 32.7 Å². The molecule has 1 heterocycles. The number of aromatic nitrogens is 1. The van der Waals surface area contributed by atoms with E-state index in [2.05, 4.69) is 22.5 Å². The third-order valence-electron chi connectivity index (χ3n) is 3.63. The highest BCUT2D eigenvalue weighted by Gasteiger charge is 2.08. The Bertz CT molecular complexity index is 654. The van der Waals surface area contributed by atoms with Gasteiger partial charge in [-0.25, -0.2) is 0 Å². The van der Waals surface area contributed by atoms with Gasteiger partial charge in [0.05, 0.1) is 12.2 Å². The molecule has 5 nitrogen and oxygen atoms in total. The van der Waals surface area contributed by atoms with Gasteiger partial charge < -0.3 is 10.6 Å². The molecule has 2 rings (SSSR count).